The van der Waals surface area contributed by atoms with Gasteiger partial charge in [0.1, 0.15) is 5.69 Å². The van der Waals surface area contributed by atoms with Crippen molar-refractivity contribution >= 4 is 34.0 Å². The summed E-state index contributed by atoms with van der Waals surface area (Å²) in [5.74, 6) is -0.429. The first-order valence-electron chi connectivity index (χ1n) is 12.2. The number of aromatic nitrogens is 1. The first-order valence-corrected chi connectivity index (χ1v) is 13.1. The van der Waals surface area contributed by atoms with Gasteiger partial charge in [0.15, 0.2) is 5.13 Å². The molecule has 5 rings (SSSR count). The van der Waals surface area contributed by atoms with Crippen molar-refractivity contribution in [3.63, 3.8) is 0 Å². The Kier molecular flexibility index (Phi) is 6.59. The van der Waals surface area contributed by atoms with Crippen molar-refractivity contribution in [3.05, 3.63) is 40.4 Å². The normalized spacial score (nSPS) is 20.4. The van der Waals surface area contributed by atoms with E-state index in [1.165, 1.54) is 11.3 Å². The van der Waals surface area contributed by atoms with Gasteiger partial charge in [-0.1, -0.05) is 6.07 Å². The van der Waals surface area contributed by atoms with Gasteiger partial charge in [0, 0.05) is 43.1 Å². The second kappa shape index (κ2) is 9.64. The molecule has 0 atom stereocenters. The number of thiazole rings is 1. The zero-order valence-electron chi connectivity index (χ0n) is 19.9. The van der Waals surface area contributed by atoms with E-state index in [1.807, 2.05) is 18.2 Å². The monoisotopic (exact) mass is 483 g/mol. The Morgan fingerprint density at radius 3 is 2.71 bits per heavy atom. The van der Waals surface area contributed by atoms with Crippen LogP contribution in [-0.2, 0) is 11.3 Å². The van der Waals surface area contributed by atoms with Crippen molar-refractivity contribution in [2.45, 2.75) is 57.7 Å². The van der Waals surface area contributed by atoms with E-state index in [0.717, 1.165) is 62.6 Å². The molecule has 1 aliphatic carbocycles. The Bertz CT molecular complexity index is 1060. The average molecular weight is 484 g/mol. The molecule has 2 amide bonds. The maximum absolute atomic E-state index is 13.1. The number of hydrogen-bond donors (Lipinski definition) is 2. The summed E-state index contributed by atoms with van der Waals surface area (Å²) in [6, 6.07) is 5.98. The predicted molar refractivity (Wildman–Crippen MR) is 134 cm³/mol. The molecule has 1 aromatic carbocycles. The van der Waals surface area contributed by atoms with Crippen LogP contribution >= 0.6 is 11.3 Å². The van der Waals surface area contributed by atoms with Crippen LogP contribution in [-0.4, -0.2) is 66.1 Å². The van der Waals surface area contributed by atoms with Crippen LogP contribution in [0.5, 0.6) is 0 Å². The van der Waals surface area contributed by atoms with Gasteiger partial charge in [-0.05, 0) is 57.2 Å². The maximum atomic E-state index is 13.1. The maximum Gasteiger partial charge on any atom is 0.275 e. The van der Waals surface area contributed by atoms with Crippen LogP contribution in [0.4, 0.5) is 10.8 Å². The molecule has 9 heteroatoms. The topological polar surface area (TPSA) is 86.8 Å². The number of nitrogens with zero attached hydrogens (tertiary/aromatic N) is 3. The molecule has 182 valence electrons. The van der Waals surface area contributed by atoms with E-state index in [-0.39, 0.29) is 23.4 Å². The zero-order chi connectivity index (χ0) is 23.7. The summed E-state index contributed by atoms with van der Waals surface area (Å²) in [4.78, 5) is 35.2. The number of morpholine rings is 1. The lowest BCUT2D eigenvalue weighted by Crippen LogP contribution is -2.52. The first kappa shape index (κ1) is 23.3. The lowest BCUT2D eigenvalue weighted by atomic mass is 10.00. The van der Waals surface area contributed by atoms with Gasteiger partial charge in [0.2, 0.25) is 0 Å². The highest BCUT2D eigenvalue weighted by Crippen LogP contribution is 2.28. The summed E-state index contributed by atoms with van der Waals surface area (Å²) in [5, 5.41) is 8.69. The fourth-order valence-corrected chi connectivity index (χ4v) is 5.35. The molecule has 3 heterocycles. The number of anilines is 2. The molecule has 0 bridgehead atoms. The quantitative estimate of drug-likeness (QED) is 0.627. The molecule has 0 spiro atoms. The van der Waals surface area contributed by atoms with Crippen molar-refractivity contribution in [3.8, 4) is 0 Å². The standard InChI is InChI=1S/C25H33N5O3S/c1-25(2)16-33-12-11-30(25)14-17-5-8-20(19(13-17)22(31)26-18-6-7-18)27-23(32)21-15-34-24(28-21)29-9-3-4-10-29/h5,8,13,15,18H,3-4,6-7,9-12,14,16H2,1-2H3,(H,26,31)(H,27,32). The van der Waals surface area contributed by atoms with Crippen LogP contribution in [0.25, 0.3) is 0 Å². The van der Waals surface area contributed by atoms with Crippen LogP contribution < -0.4 is 15.5 Å². The van der Waals surface area contributed by atoms with Crippen LogP contribution in [0.2, 0.25) is 0 Å². The number of benzene rings is 1. The minimum atomic E-state index is -0.288. The van der Waals surface area contributed by atoms with Crippen molar-refractivity contribution in [1.29, 1.82) is 0 Å². The van der Waals surface area contributed by atoms with Crippen LogP contribution in [0.15, 0.2) is 23.6 Å². The highest BCUT2D eigenvalue weighted by Gasteiger charge is 2.31. The van der Waals surface area contributed by atoms with E-state index in [0.29, 0.717) is 30.2 Å². The predicted octanol–water partition coefficient (Wildman–Crippen LogP) is 3.50. The molecule has 2 saturated heterocycles. The van der Waals surface area contributed by atoms with Gasteiger partial charge in [-0.3, -0.25) is 14.5 Å². The SMILES string of the molecule is CC1(C)COCCN1Cc1ccc(NC(=O)c2csc(N3CCCC3)n2)c(C(=O)NC2CC2)c1. The summed E-state index contributed by atoms with van der Waals surface area (Å²) >= 11 is 1.49. The lowest BCUT2D eigenvalue weighted by Gasteiger charge is -2.42. The number of carbonyl (C=O) groups is 2. The summed E-state index contributed by atoms with van der Waals surface area (Å²) < 4.78 is 5.64. The molecule has 0 unspecified atom stereocenters. The Balaban J connectivity index is 1.35. The Morgan fingerprint density at radius 1 is 1.18 bits per heavy atom. The minimum Gasteiger partial charge on any atom is -0.378 e. The number of nitrogens with one attached hydrogen (secondary N) is 2. The molecule has 3 fully saturated rings. The average Bonchev–Trinajstić information content (AvgIpc) is 3.26. The highest BCUT2D eigenvalue weighted by molar-refractivity contribution is 7.14. The second-order valence-corrected chi connectivity index (χ2v) is 10.9. The van der Waals surface area contributed by atoms with Gasteiger partial charge < -0.3 is 20.3 Å². The molecule has 2 aromatic rings. The van der Waals surface area contributed by atoms with E-state index in [2.05, 4.69) is 39.3 Å². The second-order valence-electron chi connectivity index (χ2n) is 10.1. The van der Waals surface area contributed by atoms with Gasteiger partial charge >= 0.3 is 0 Å². The summed E-state index contributed by atoms with van der Waals surface area (Å²) in [6.07, 6.45) is 4.34. The van der Waals surface area contributed by atoms with Gasteiger partial charge in [-0.15, -0.1) is 11.3 Å². The lowest BCUT2D eigenvalue weighted by molar-refractivity contribution is -0.0552. The van der Waals surface area contributed by atoms with Crippen LogP contribution in [0.3, 0.4) is 0 Å². The molecular weight excluding hydrogens is 450 g/mol. The molecule has 3 aliphatic rings. The third-order valence-electron chi connectivity index (χ3n) is 6.78. The molecule has 1 saturated carbocycles. The number of carbonyl (C=O) groups excluding carboxylic acids is 2. The van der Waals surface area contributed by atoms with E-state index < -0.39 is 0 Å². The smallest absolute Gasteiger partial charge is 0.275 e. The Hall–Kier alpha value is -2.49. The van der Waals surface area contributed by atoms with E-state index in [1.54, 1.807) is 5.38 Å². The summed E-state index contributed by atoms with van der Waals surface area (Å²) in [7, 11) is 0. The van der Waals surface area contributed by atoms with Gasteiger partial charge in [0.25, 0.3) is 11.8 Å². The number of hydrogen-bond acceptors (Lipinski definition) is 7. The molecule has 1 aromatic heterocycles. The van der Waals surface area contributed by atoms with Gasteiger partial charge in [-0.2, -0.15) is 0 Å². The highest BCUT2D eigenvalue weighted by atomic mass is 32.1. The molecule has 8 nitrogen and oxygen atoms in total. The summed E-state index contributed by atoms with van der Waals surface area (Å²) in [6.45, 7) is 9.28. The zero-order valence-corrected chi connectivity index (χ0v) is 20.7. The van der Waals surface area contributed by atoms with Crippen LogP contribution in [0.1, 0.15) is 65.9 Å². The fraction of sp³-hybridized carbons (Fsp3) is 0.560. The minimum absolute atomic E-state index is 0.0702. The van der Waals surface area contributed by atoms with Crippen molar-refractivity contribution in [2.75, 3.05) is 43.1 Å². The molecule has 2 aliphatic heterocycles. The van der Waals surface area contributed by atoms with Gasteiger partial charge in [0.05, 0.1) is 24.5 Å². The van der Waals surface area contributed by atoms with E-state index in [4.69, 9.17) is 4.74 Å². The number of rotatable bonds is 7. The summed E-state index contributed by atoms with van der Waals surface area (Å²) in [5.41, 5.74) is 2.38. The third kappa shape index (κ3) is 5.26. The molecule has 0 radical (unpaired) electrons. The molecular formula is C25H33N5O3S. The fourth-order valence-electron chi connectivity index (χ4n) is 4.49. The van der Waals surface area contributed by atoms with E-state index in [9.17, 15) is 9.59 Å². The Morgan fingerprint density at radius 2 is 1.97 bits per heavy atom. The largest absolute Gasteiger partial charge is 0.378 e. The van der Waals surface area contributed by atoms with Crippen molar-refractivity contribution in [1.82, 2.24) is 15.2 Å². The van der Waals surface area contributed by atoms with Crippen molar-refractivity contribution < 1.29 is 14.3 Å². The molecule has 34 heavy (non-hydrogen) atoms. The first-order chi connectivity index (χ1) is 16.4. The van der Waals surface area contributed by atoms with E-state index >= 15 is 0 Å². The number of amides is 2. The number of ether oxygens (including phenoxy) is 1. The molecule has 2 N–H and O–H groups in total. The van der Waals surface area contributed by atoms with Crippen molar-refractivity contribution in [2.24, 2.45) is 0 Å². The van der Waals surface area contributed by atoms with Crippen LogP contribution in [0, 0.1) is 0 Å². The van der Waals surface area contributed by atoms with Gasteiger partial charge in [-0.25, -0.2) is 4.98 Å². The Labute approximate surface area is 204 Å². The third-order valence-corrected chi connectivity index (χ3v) is 7.68.